The Kier molecular flexibility index (Phi) is 4.31. The summed E-state index contributed by atoms with van der Waals surface area (Å²) in [6, 6.07) is 1.72. The van der Waals surface area contributed by atoms with Crippen molar-refractivity contribution in [3.63, 3.8) is 0 Å². The lowest BCUT2D eigenvalue weighted by Crippen LogP contribution is -2.25. The summed E-state index contributed by atoms with van der Waals surface area (Å²) in [5, 5.41) is 3.65. The molecule has 0 aliphatic rings. The van der Waals surface area contributed by atoms with Gasteiger partial charge in [-0.25, -0.2) is 18.1 Å². The number of hydrogen-bond donors (Lipinski definition) is 1. The third kappa shape index (κ3) is 3.35. The van der Waals surface area contributed by atoms with Crippen LogP contribution in [0.4, 0.5) is 0 Å². The van der Waals surface area contributed by atoms with E-state index in [4.69, 9.17) is 0 Å². The van der Waals surface area contributed by atoms with E-state index < -0.39 is 10.0 Å². The molecule has 92 valence electrons. The van der Waals surface area contributed by atoms with Crippen molar-refractivity contribution in [2.45, 2.75) is 10.6 Å². The molecule has 17 heavy (non-hydrogen) atoms. The van der Waals surface area contributed by atoms with Gasteiger partial charge in [0, 0.05) is 22.8 Å². The van der Waals surface area contributed by atoms with Crippen molar-refractivity contribution in [1.29, 1.82) is 0 Å². The van der Waals surface area contributed by atoms with Gasteiger partial charge >= 0.3 is 0 Å². The largest absolute Gasteiger partial charge is 0.251 e. The van der Waals surface area contributed by atoms with Crippen LogP contribution in [0.5, 0.6) is 0 Å². The molecule has 0 saturated carbocycles. The summed E-state index contributed by atoms with van der Waals surface area (Å²) in [4.78, 5) is 4.09. The average Bonchev–Trinajstić information content (AvgIpc) is 2.88. The van der Waals surface area contributed by atoms with E-state index in [2.05, 4.69) is 25.6 Å². The molecule has 1 N–H and O–H groups in total. The summed E-state index contributed by atoms with van der Waals surface area (Å²) in [6.07, 6.45) is 0.603. The normalized spacial score (nSPS) is 11.8. The lowest BCUT2D eigenvalue weighted by Gasteiger charge is -2.04. The Morgan fingerprint density at radius 1 is 1.47 bits per heavy atom. The second-order valence-corrected chi connectivity index (χ2v) is 7.63. The van der Waals surface area contributed by atoms with E-state index >= 15 is 0 Å². The fourth-order valence-electron chi connectivity index (χ4n) is 1.21. The molecule has 2 aromatic rings. The lowest BCUT2D eigenvalue weighted by molar-refractivity contribution is 0.583. The van der Waals surface area contributed by atoms with E-state index in [-0.39, 0.29) is 0 Å². The molecular formula is C9H9BrN2O2S3. The molecule has 0 fully saturated rings. The molecule has 0 aliphatic heterocycles. The Balaban J connectivity index is 1.97. The standard InChI is InChI=1S/C9H9BrN2O2S3/c10-8-2-4-16-9(8)17(13,14)12-3-1-7-5-15-6-11-7/h2,4-6,12H,1,3H2. The van der Waals surface area contributed by atoms with Gasteiger partial charge in [0.1, 0.15) is 4.21 Å². The number of sulfonamides is 1. The maximum atomic E-state index is 11.9. The maximum Gasteiger partial charge on any atom is 0.251 e. The van der Waals surface area contributed by atoms with Crippen LogP contribution in [-0.2, 0) is 16.4 Å². The molecule has 0 spiro atoms. The summed E-state index contributed by atoms with van der Waals surface area (Å²) in [7, 11) is -3.40. The molecule has 0 atom stereocenters. The molecule has 2 heterocycles. The van der Waals surface area contributed by atoms with Gasteiger partial charge in [-0.3, -0.25) is 0 Å². The van der Waals surface area contributed by atoms with Crippen molar-refractivity contribution in [2.75, 3.05) is 6.54 Å². The van der Waals surface area contributed by atoms with Crippen LogP contribution in [-0.4, -0.2) is 19.9 Å². The summed E-state index contributed by atoms with van der Waals surface area (Å²) < 4.78 is 27.3. The van der Waals surface area contributed by atoms with E-state index in [0.717, 1.165) is 5.69 Å². The molecule has 0 saturated heterocycles. The number of nitrogens with zero attached hydrogens (tertiary/aromatic N) is 1. The van der Waals surface area contributed by atoms with Crippen LogP contribution in [0.3, 0.4) is 0 Å². The zero-order chi connectivity index (χ0) is 12.3. The van der Waals surface area contributed by atoms with Crippen LogP contribution in [0.1, 0.15) is 5.69 Å². The summed E-state index contributed by atoms with van der Waals surface area (Å²) in [5.74, 6) is 0. The van der Waals surface area contributed by atoms with Gasteiger partial charge in [0.25, 0.3) is 10.0 Å². The maximum absolute atomic E-state index is 11.9. The van der Waals surface area contributed by atoms with Gasteiger partial charge in [-0.15, -0.1) is 22.7 Å². The van der Waals surface area contributed by atoms with E-state index in [1.165, 1.54) is 22.7 Å². The Hall–Kier alpha value is -0.280. The minimum absolute atomic E-state index is 0.316. The van der Waals surface area contributed by atoms with Crippen LogP contribution < -0.4 is 4.72 Å². The monoisotopic (exact) mass is 352 g/mol. The van der Waals surface area contributed by atoms with Crippen molar-refractivity contribution in [3.8, 4) is 0 Å². The first-order chi connectivity index (χ1) is 8.09. The number of nitrogens with one attached hydrogen (secondary N) is 1. The Labute approximate surface area is 116 Å². The highest BCUT2D eigenvalue weighted by Gasteiger charge is 2.18. The van der Waals surface area contributed by atoms with Crippen molar-refractivity contribution in [3.05, 3.63) is 32.5 Å². The van der Waals surface area contributed by atoms with E-state index in [1.807, 2.05) is 5.38 Å². The molecule has 2 rings (SSSR count). The van der Waals surface area contributed by atoms with Gasteiger partial charge in [0.05, 0.1) is 11.2 Å². The molecule has 4 nitrogen and oxygen atoms in total. The first-order valence-corrected chi connectivity index (χ1v) is 8.79. The van der Waals surface area contributed by atoms with Gasteiger partial charge in [-0.1, -0.05) is 0 Å². The second-order valence-electron chi connectivity index (χ2n) is 3.18. The number of halogens is 1. The fourth-order valence-corrected chi connectivity index (χ4v) is 5.22. The Morgan fingerprint density at radius 3 is 2.88 bits per heavy atom. The van der Waals surface area contributed by atoms with E-state index in [0.29, 0.717) is 21.6 Å². The molecule has 2 aromatic heterocycles. The third-order valence-electron chi connectivity index (χ3n) is 1.99. The van der Waals surface area contributed by atoms with Crippen LogP contribution in [0.25, 0.3) is 0 Å². The lowest BCUT2D eigenvalue weighted by atomic mass is 10.3. The highest BCUT2D eigenvalue weighted by atomic mass is 79.9. The quantitative estimate of drug-likeness (QED) is 0.899. The highest BCUT2D eigenvalue weighted by molar-refractivity contribution is 9.10. The van der Waals surface area contributed by atoms with Crippen molar-refractivity contribution in [1.82, 2.24) is 9.71 Å². The van der Waals surface area contributed by atoms with Gasteiger partial charge in [-0.2, -0.15) is 0 Å². The molecule has 0 aromatic carbocycles. The van der Waals surface area contributed by atoms with Crippen LogP contribution >= 0.6 is 38.6 Å². The van der Waals surface area contributed by atoms with Crippen LogP contribution in [0, 0.1) is 0 Å². The molecular weight excluding hydrogens is 344 g/mol. The van der Waals surface area contributed by atoms with Crippen molar-refractivity contribution < 1.29 is 8.42 Å². The van der Waals surface area contributed by atoms with Crippen LogP contribution in [0.2, 0.25) is 0 Å². The first kappa shape index (κ1) is 13.2. The van der Waals surface area contributed by atoms with Crippen LogP contribution in [0.15, 0.2) is 31.0 Å². The smallest absolute Gasteiger partial charge is 0.250 e. The summed E-state index contributed by atoms with van der Waals surface area (Å²) in [6.45, 7) is 0.358. The average molecular weight is 353 g/mol. The fraction of sp³-hybridized carbons (Fsp3) is 0.222. The number of thiazole rings is 1. The molecule has 0 radical (unpaired) electrons. The van der Waals surface area contributed by atoms with Gasteiger partial charge in [-0.05, 0) is 27.4 Å². The topological polar surface area (TPSA) is 59.1 Å². The number of rotatable bonds is 5. The SMILES string of the molecule is O=S(=O)(NCCc1cscn1)c1sccc1Br. The Morgan fingerprint density at radius 2 is 2.29 bits per heavy atom. The van der Waals surface area contributed by atoms with E-state index in [1.54, 1.807) is 17.0 Å². The molecule has 8 heteroatoms. The zero-order valence-corrected chi connectivity index (χ0v) is 12.6. The minimum atomic E-state index is -3.40. The van der Waals surface area contributed by atoms with Gasteiger partial charge in [0.15, 0.2) is 0 Å². The van der Waals surface area contributed by atoms with Gasteiger partial charge in [0.2, 0.25) is 0 Å². The first-order valence-electron chi connectivity index (χ1n) is 4.69. The summed E-state index contributed by atoms with van der Waals surface area (Å²) >= 11 is 5.91. The number of thiophene rings is 1. The number of aromatic nitrogens is 1. The Bertz CT molecular complexity index is 577. The zero-order valence-electron chi connectivity index (χ0n) is 8.59. The second kappa shape index (κ2) is 5.57. The van der Waals surface area contributed by atoms with Crippen molar-refractivity contribution in [2.24, 2.45) is 0 Å². The predicted molar refractivity (Wildman–Crippen MR) is 73.0 cm³/mol. The summed E-state index contributed by atoms with van der Waals surface area (Å²) in [5.41, 5.74) is 2.64. The molecule has 0 unspecified atom stereocenters. The number of hydrogen-bond acceptors (Lipinski definition) is 5. The highest BCUT2D eigenvalue weighted by Crippen LogP contribution is 2.27. The molecule has 0 amide bonds. The van der Waals surface area contributed by atoms with Crippen molar-refractivity contribution >= 4 is 48.6 Å². The molecule has 0 aliphatic carbocycles. The minimum Gasteiger partial charge on any atom is -0.250 e. The van der Waals surface area contributed by atoms with E-state index in [9.17, 15) is 8.42 Å². The third-order valence-corrected chi connectivity index (χ3v) is 6.75. The molecule has 0 bridgehead atoms. The predicted octanol–water partition coefficient (Wildman–Crippen LogP) is 2.49. The van der Waals surface area contributed by atoms with Gasteiger partial charge < -0.3 is 0 Å².